The molecular formula is C10H18N4O2S. The third kappa shape index (κ3) is 6.08. The SMILES string of the molecule is CN(C)CCNc1ccc(NS(C)(=O)=O)cn1. The van der Waals surface area contributed by atoms with Gasteiger partial charge in [-0.1, -0.05) is 0 Å². The minimum atomic E-state index is -3.24. The lowest BCUT2D eigenvalue weighted by Crippen LogP contribution is -2.21. The molecule has 0 bridgehead atoms. The molecule has 0 amide bonds. The highest BCUT2D eigenvalue weighted by Crippen LogP contribution is 2.10. The number of nitrogens with zero attached hydrogens (tertiary/aromatic N) is 2. The van der Waals surface area contributed by atoms with E-state index in [-0.39, 0.29) is 0 Å². The Hall–Kier alpha value is -1.34. The number of likely N-dealkylation sites (N-methyl/N-ethyl adjacent to an activating group) is 1. The fourth-order valence-electron chi connectivity index (χ4n) is 1.18. The van der Waals surface area contributed by atoms with Crippen LogP contribution in [0.25, 0.3) is 0 Å². The summed E-state index contributed by atoms with van der Waals surface area (Å²) in [5.74, 6) is 0.728. The van der Waals surface area contributed by atoms with E-state index >= 15 is 0 Å². The summed E-state index contributed by atoms with van der Waals surface area (Å²) in [6.45, 7) is 1.70. The van der Waals surface area contributed by atoms with Crippen LogP contribution in [0.5, 0.6) is 0 Å². The second-order valence-electron chi connectivity index (χ2n) is 4.04. The predicted molar refractivity (Wildman–Crippen MR) is 69.7 cm³/mol. The molecule has 1 heterocycles. The minimum Gasteiger partial charge on any atom is -0.369 e. The number of hydrogen-bond acceptors (Lipinski definition) is 5. The van der Waals surface area contributed by atoms with Gasteiger partial charge in [0, 0.05) is 13.1 Å². The van der Waals surface area contributed by atoms with Gasteiger partial charge in [-0.25, -0.2) is 13.4 Å². The Morgan fingerprint density at radius 3 is 2.53 bits per heavy atom. The maximum absolute atomic E-state index is 11.0. The Morgan fingerprint density at radius 2 is 2.06 bits per heavy atom. The first kappa shape index (κ1) is 13.7. The molecule has 7 heteroatoms. The lowest BCUT2D eigenvalue weighted by Gasteiger charge is -2.11. The number of anilines is 2. The fourth-order valence-corrected chi connectivity index (χ4v) is 1.73. The molecule has 0 saturated heterocycles. The molecule has 2 N–H and O–H groups in total. The Morgan fingerprint density at radius 1 is 1.35 bits per heavy atom. The van der Waals surface area contributed by atoms with Gasteiger partial charge in [-0.15, -0.1) is 0 Å². The zero-order valence-corrected chi connectivity index (χ0v) is 11.1. The van der Waals surface area contributed by atoms with Crippen LogP contribution in [0.1, 0.15) is 0 Å². The summed E-state index contributed by atoms with van der Waals surface area (Å²) in [5, 5.41) is 3.14. The summed E-state index contributed by atoms with van der Waals surface area (Å²) in [4.78, 5) is 6.17. The van der Waals surface area contributed by atoms with E-state index in [0.717, 1.165) is 25.2 Å². The number of aromatic nitrogens is 1. The van der Waals surface area contributed by atoms with E-state index in [9.17, 15) is 8.42 Å². The van der Waals surface area contributed by atoms with Crippen LogP contribution in [0.4, 0.5) is 11.5 Å². The average Bonchev–Trinajstić information content (AvgIpc) is 2.18. The van der Waals surface area contributed by atoms with Crippen molar-refractivity contribution in [2.24, 2.45) is 0 Å². The minimum absolute atomic E-state index is 0.464. The first-order chi connectivity index (χ1) is 7.87. The van der Waals surface area contributed by atoms with Crippen LogP contribution in [0.15, 0.2) is 18.3 Å². The Bertz CT molecular complexity index is 442. The van der Waals surface area contributed by atoms with Gasteiger partial charge in [0.1, 0.15) is 5.82 Å². The molecule has 0 fully saturated rings. The van der Waals surface area contributed by atoms with Gasteiger partial charge >= 0.3 is 0 Å². The smallest absolute Gasteiger partial charge is 0.229 e. The maximum Gasteiger partial charge on any atom is 0.229 e. The van der Waals surface area contributed by atoms with Gasteiger partial charge < -0.3 is 10.2 Å². The van der Waals surface area contributed by atoms with E-state index in [4.69, 9.17) is 0 Å². The average molecular weight is 258 g/mol. The highest BCUT2D eigenvalue weighted by atomic mass is 32.2. The van der Waals surface area contributed by atoms with Crippen LogP contribution >= 0.6 is 0 Å². The monoisotopic (exact) mass is 258 g/mol. The molecule has 96 valence electrons. The Balaban J connectivity index is 2.50. The molecule has 17 heavy (non-hydrogen) atoms. The number of hydrogen-bond donors (Lipinski definition) is 2. The van der Waals surface area contributed by atoms with E-state index in [1.807, 2.05) is 14.1 Å². The van der Waals surface area contributed by atoms with Gasteiger partial charge in [0.05, 0.1) is 18.1 Å². The van der Waals surface area contributed by atoms with E-state index in [0.29, 0.717) is 5.69 Å². The predicted octanol–water partition coefficient (Wildman–Crippen LogP) is 0.427. The quantitative estimate of drug-likeness (QED) is 0.774. The molecular weight excluding hydrogens is 240 g/mol. The van der Waals surface area contributed by atoms with Gasteiger partial charge in [-0.3, -0.25) is 4.72 Å². The fraction of sp³-hybridized carbons (Fsp3) is 0.500. The van der Waals surface area contributed by atoms with Crippen molar-refractivity contribution >= 4 is 21.5 Å². The van der Waals surface area contributed by atoms with Gasteiger partial charge in [0.25, 0.3) is 0 Å². The number of sulfonamides is 1. The van der Waals surface area contributed by atoms with Crippen molar-refractivity contribution in [2.45, 2.75) is 0 Å². The van der Waals surface area contributed by atoms with E-state index in [2.05, 4.69) is 19.9 Å². The zero-order chi connectivity index (χ0) is 12.9. The third-order valence-corrected chi connectivity index (χ3v) is 2.54. The van der Waals surface area contributed by atoms with Crippen LogP contribution < -0.4 is 10.0 Å². The van der Waals surface area contributed by atoms with Crippen LogP contribution in [0, 0.1) is 0 Å². The van der Waals surface area contributed by atoms with Crippen LogP contribution in [-0.4, -0.2) is 51.7 Å². The molecule has 0 aliphatic heterocycles. The highest BCUT2D eigenvalue weighted by molar-refractivity contribution is 7.92. The lowest BCUT2D eigenvalue weighted by atomic mass is 10.4. The van der Waals surface area contributed by atoms with Crippen molar-refractivity contribution in [2.75, 3.05) is 43.5 Å². The van der Waals surface area contributed by atoms with Gasteiger partial charge in [0.15, 0.2) is 0 Å². The molecule has 0 spiro atoms. The second kappa shape index (κ2) is 5.83. The molecule has 0 aliphatic rings. The summed E-state index contributed by atoms with van der Waals surface area (Å²) in [5.41, 5.74) is 0.464. The first-order valence-corrected chi connectivity index (χ1v) is 7.08. The van der Waals surface area contributed by atoms with Crippen LogP contribution in [0.3, 0.4) is 0 Å². The molecule has 1 aromatic rings. The third-order valence-electron chi connectivity index (χ3n) is 1.93. The zero-order valence-electron chi connectivity index (χ0n) is 10.3. The van der Waals surface area contributed by atoms with E-state index in [1.54, 1.807) is 12.1 Å². The standard InChI is InChI=1S/C10H18N4O2S/c1-14(2)7-6-11-10-5-4-9(8-12-10)13-17(3,15)16/h4-5,8,13H,6-7H2,1-3H3,(H,11,12). The second-order valence-corrected chi connectivity index (χ2v) is 5.78. The van der Waals surface area contributed by atoms with Crippen LogP contribution in [0.2, 0.25) is 0 Å². The van der Waals surface area contributed by atoms with Gasteiger partial charge in [-0.2, -0.15) is 0 Å². The summed E-state index contributed by atoms with van der Waals surface area (Å²) in [6, 6.07) is 3.41. The largest absolute Gasteiger partial charge is 0.369 e. The molecule has 0 atom stereocenters. The van der Waals surface area contributed by atoms with Crippen molar-refractivity contribution in [3.05, 3.63) is 18.3 Å². The Kier molecular flexibility index (Phi) is 4.71. The molecule has 0 aliphatic carbocycles. The van der Waals surface area contributed by atoms with Crippen molar-refractivity contribution in [3.63, 3.8) is 0 Å². The molecule has 1 rings (SSSR count). The highest BCUT2D eigenvalue weighted by Gasteiger charge is 2.01. The van der Waals surface area contributed by atoms with Crippen LogP contribution in [-0.2, 0) is 10.0 Å². The van der Waals surface area contributed by atoms with Gasteiger partial charge in [-0.05, 0) is 26.2 Å². The van der Waals surface area contributed by atoms with Crippen molar-refractivity contribution in [1.82, 2.24) is 9.88 Å². The normalized spacial score (nSPS) is 11.5. The topological polar surface area (TPSA) is 74.3 Å². The Labute approximate surface area is 102 Å². The van der Waals surface area contributed by atoms with E-state index in [1.165, 1.54) is 6.20 Å². The molecule has 0 saturated carbocycles. The lowest BCUT2D eigenvalue weighted by molar-refractivity contribution is 0.425. The number of rotatable bonds is 6. The number of nitrogens with one attached hydrogen (secondary N) is 2. The molecule has 0 aromatic carbocycles. The molecule has 0 unspecified atom stereocenters. The van der Waals surface area contributed by atoms with Crippen molar-refractivity contribution in [3.8, 4) is 0 Å². The number of pyridine rings is 1. The maximum atomic E-state index is 11.0. The summed E-state index contributed by atoms with van der Waals surface area (Å²) in [6.07, 6.45) is 2.59. The molecule has 0 radical (unpaired) electrons. The first-order valence-electron chi connectivity index (χ1n) is 5.19. The van der Waals surface area contributed by atoms with Crippen molar-refractivity contribution in [1.29, 1.82) is 0 Å². The summed E-state index contributed by atoms with van der Waals surface area (Å²) in [7, 11) is 0.753. The van der Waals surface area contributed by atoms with Crippen molar-refractivity contribution < 1.29 is 8.42 Å². The summed E-state index contributed by atoms with van der Waals surface area (Å²) >= 11 is 0. The van der Waals surface area contributed by atoms with E-state index < -0.39 is 10.0 Å². The molecule has 1 aromatic heterocycles. The molecule has 6 nitrogen and oxygen atoms in total. The summed E-state index contributed by atoms with van der Waals surface area (Å²) < 4.78 is 24.3. The van der Waals surface area contributed by atoms with Gasteiger partial charge in [0.2, 0.25) is 10.0 Å².